The van der Waals surface area contributed by atoms with Gasteiger partial charge in [-0.1, -0.05) is 12.1 Å². The maximum atomic E-state index is 13.2. The Balaban J connectivity index is 1.77. The predicted molar refractivity (Wildman–Crippen MR) is 115 cm³/mol. The fourth-order valence-corrected chi connectivity index (χ4v) is 3.92. The lowest BCUT2D eigenvalue weighted by Crippen LogP contribution is -2.38. The number of hydrogen-bond acceptors (Lipinski definition) is 7. The van der Waals surface area contributed by atoms with Gasteiger partial charge < -0.3 is 23.6 Å². The van der Waals surface area contributed by atoms with Crippen molar-refractivity contribution in [3.05, 3.63) is 89.5 Å². The molecule has 1 aromatic carbocycles. The van der Waals surface area contributed by atoms with Crippen molar-refractivity contribution in [2.75, 3.05) is 27.7 Å². The average Bonchev–Trinajstić information content (AvgIpc) is 3.55. The highest BCUT2D eigenvalue weighted by Crippen LogP contribution is 2.41. The fraction of sp³-hybridized carbons (Fsp3) is 0.250. The molecular formula is C24H24N2O6. The Morgan fingerprint density at radius 2 is 1.81 bits per heavy atom. The van der Waals surface area contributed by atoms with E-state index in [9.17, 15) is 14.7 Å². The van der Waals surface area contributed by atoms with Crippen LogP contribution in [0.1, 0.15) is 34.0 Å². The van der Waals surface area contributed by atoms with E-state index in [0.29, 0.717) is 17.1 Å². The summed E-state index contributed by atoms with van der Waals surface area (Å²) in [4.78, 5) is 29.8. The van der Waals surface area contributed by atoms with Crippen LogP contribution in [0.25, 0.3) is 0 Å². The standard InChI is InChI=1S/C24H24N2O6/c1-25(2)17(18-6-4-12-31-18)14-26-21(15-8-10-16(30-3)11-9-15)20(23(28)24(26)29)22(27)19-7-5-13-32-19/h4-13,17,21,28H,14H2,1-3H3. The van der Waals surface area contributed by atoms with E-state index in [0.717, 1.165) is 0 Å². The van der Waals surface area contributed by atoms with E-state index in [1.54, 1.807) is 49.8 Å². The third-order valence-corrected chi connectivity index (χ3v) is 5.59. The van der Waals surface area contributed by atoms with E-state index in [-0.39, 0.29) is 23.9 Å². The molecule has 8 nitrogen and oxygen atoms in total. The van der Waals surface area contributed by atoms with Crippen molar-refractivity contribution in [3.63, 3.8) is 0 Å². The van der Waals surface area contributed by atoms with Gasteiger partial charge in [-0.25, -0.2) is 0 Å². The lowest BCUT2D eigenvalue weighted by molar-refractivity contribution is -0.130. The first kappa shape index (κ1) is 21.5. The smallest absolute Gasteiger partial charge is 0.290 e. The van der Waals surface area contributed by atoms with E-state index < -0.39 is 23.5 Å². The third kappa shape index (κ3) is 3.80. The first-order chi connectivity index (χ1) is 15.4. The summed E-state index contributed by atoms with van der Waals surface area (Å²) in [7, 11) is 5.31. The van der Waals surface area contributed by atoms with Gasteiger partial charge in [0, 0.05) is 6.54 Å². The number of benzene rings is 1. The minimum Gasteiger partial charge on any atom is -0.503 e. The van der Waals surface area contributed by atoms with Crippen LogP contribution < -0.4 is 4.74 Å². The average molecular weight is 436 g/mol. The number of ether oxygens (including phenoxy) is 1. The Morgan fingerprint density at radius 1 is 1.12 bits per heavy atom. The lowest BCUT2D eigenvalue weighted by atomic mass is 9.94. The molecule has 8 heteroatoms. The Hall–Kier alpha value is -3.78. The Kier molecular flexibility index (Phi) is 5.87. The molecule has 32 heavy (non-hydrogen) atoms. The SMILES string of the molecule is COc1ccc(C2C(C(=O)c3ccco3)=C(O)C(=O)N2CC(c2ccco2)N(C)C)cc1. The molecule has 0 radical (unpaired) electrons. The number of hydrogen-bond donors (Lipinski definition) is 1. The molecule has 2 unspecified atom stereocenters. The first-order valence-corrected chi connectivity index (χ1v) is 10.1. The fourth-order valence-electron chi connectivity index (χ4n) is 3.92. The van der Waals surface area contributed by atoms with Gasteiger partial charge >= 0.3 is 0 Å². The van der Waals surface area contributed by atoms with Crippen LogP contribution in [-0.2, 0) is 4.79 Å². The highest BCUT2D eigenvalue weighted by Gasteiger charge is 2.45. The zero-order valence-electron chi connectivity index (χ0n) is 18.0. The Labute approximate surface area is 185 Å². The van der Waals surface area contributed by atoms with E-state index >= 15 is 0 Å². The maximum Gasteiger partial charge on any atom is 0.290 e. The van der Waals surface area contributed by atoms with E-state index in [1.165, 1.54) is 17.2 Å². The van der Waals surface area contributed by atoms with Crippen LogP contribution in [0.2, 0.25) is 0 Å². The highest BCUT2D eigenvalue weighted by atomic mass is 16.5. The molecule has 0 saturated heterocycles. The number of aliphatic hydroxyl groups excluding tert-OH is 1. The van der Waals surface area contributed by atoms with E-state index in [2.05, 4.69) is 0 Å². The summed E-state index contributed by atoms with van der Waals surface area (Å²) >= 11 is 0. The molecule has 0 aliphatic carbocycles. The van der Waals surface area contributed by atoms with Gasteiger partial charge in [-0.05, 0) is 56.1 Å². The predicted octanol–water partition coefficient (Wildman–Crippen LogP) is 3.76. The zero-order valence-corrected chi connectivity index (χ0v) is 18.0. The number of furan rings is 2. The Bertz CT molecular complexity index is 1110. The van der Waals surface area contributed by atoms with Gasteiger partial charge in [0.25, 0.3) is 5.91 Å². The van der Waals surface area contributed by atoms with Gasteiger partial charge in [0.2, 0.25) is 5.78 Å². The van der Waals surface area contributed by atoms with Crippen LogP contribution in [0.5, 0.6) is 5.75 Å². The molecule has 2 aromatic heterocycles. The number of ketones is 1. The normalized spacial score (nSPS) is 17.3. The molecule has 166 valence electrons. The van der Waals surface area contributed by atoms with Crippen molar-refractivity contribution in [2.45, 2.75) is 12.1 Å². The molecule has 0 spiro atoms. The number of amides is 1. The largest absolute Gasteiger partial charge is 0.503 e. The maximum absolute atomic E-state index is 13.2. The van der Waals surface area contributed by atoms with Crippen molar-refractivity contribution in [1.29, 1.82) is 0 Å². The number of methoxy groups -OCH3 is 1. The number of Topliss-reactive ketones (excluding diaryl/α,β-unsaturated/α-hetero) is 1. The number of nitrogens with zero attached hydrogens (tertiary/aromatic N) is 2. The number of aliphatic hydroxyl groups is 1. The van der Waals surface area contributed by atoms with Crippen molar-refractivity contribution in [3.8, 4) is 5.75 Å². The summed E-state index contributed by atoms with van der Waals surface area (Å²) in [5.74, 6) is -0.387. The molecule has 0 fully saturated rings. The second-order valence-corrected chi connectivity index (χ2v) is 7.70. The molecule has 1 N–H and O–H groups in total. The molecule has 1 amide bonds. The summed E-state index contributed by atoms with van der Waals surface area (Å²) in [5.41, 5.74) is 0.641. The lowest BCUT2D eigenvalue weighted by Gasteiger charge is -2.32. The van der Waals surface area contributed by atoms with Crippen LogP contribution in [0, 0.1) is 0 Å². The molecule has 2 atom stereocenters. The number of carbonyl (C=O) groups excluding carboxylic acids is 2. The summed E-state index contributed by atoms with van der Waals surface area (Å²) in [6.07, 6.45) is 2.95. The minimum absolute atomic E-state index is 0.0212. The minimum atomic E-state index is -0.802. The number of carbonyl (C=O) groups is 2. The van der Waals surface area contributed by atoms with Gasteiger partial charge in [0.05, 0.1) is 37.3 Å². The quantitative estimate of drug-likeness (QED) is 0.537. The molecule has 3 heterocycles. The molecule has 1 aliphatic heterocycles. The summed E-state index contributed by atoms with van der Waals surface area (Å²) in [6, 6.07) is 12.6. The van der Waals surface area contributed by atoms with Crippen LogP contribution >= 0.6 is 0 Å². The second kappa shape index (κ2) is 8.76. The monoisotopic (exact) mass is 436 g/mol. The molecule has 0 bridgehead atoms. The topological polar surface area (TPSA) is 96.4 Å². The van der Waals surface area contributed by atoms with Gasteiger partial charge in [0.1, 0.15) is 11.5 Å². The molecule has 0 saturated carbocycles. The van der Waals surface area contributed by atoms with Crippen LogP contribution in [0.4, 0.5) is 0 Å². The van der Waals surface area contributed by atoms with Crippen molar-refractivity contribution in [2.24, 2.45) is 0 Å². The molecular weight excluding hydrogens is 412 g/mol. The van der Waals surface area contributed by atoms with Gasteiger partial charge in [-0.15, -0.1) is 0 Å². The number of rotatable bonds is 8. The second-order valence-electron chi connectivity index (χ2n) is 7.70. The van der Waals surface area contributed by atoms with Crippen molar-refractivity contribution < 1.29 is 28.3 Å². The highest BCUT2D eigenvalue weighted by molar-refractivity contribution is 6.15. The molecule has 4 rings (SSSR count). The summed E-state index contributed by atoms with van der Waals surface area (Å²) in [5, 5.41) is 10.8. The summed E-state index contributed by atoms with van der Waals surface area (Å²) in [6.45, 7) is 0.190. The van der Waals surface area contributed by atoms with Crippen LogP contribution in [0.3, 0.4) is 0 Å². The van der Waals surface area contributed by atoms with Crippen LogP contribution in [-0.4, -0.2) is 54.3 Å². The van der Waals surface area contributed by atoms with Gasteiger partial charge in [0.15, 0.2) is 11.5 Å². The van der Waals surface area contributed by atoms with Crippen molar-refractivity contribution in [1.82, 2.24) is 9.80 Å². The van der Waals surface area contributed by atoms with Crippen molar-refractivity contribution >= 4 is 11.7 Å². The van der Waals surface area contributed by atoms with Gasteiger partial charge in [-0.2, -0.15) is 0 Å². The zero-order chi connectivity index (χ0) is 22.8. The van der Waals surface area contributed by atoms with E-state index in [4.69, 9.17) is 13.6 Å². The number of likely N-dealkylation sites (N-methyl/N-ethyl adjacent to an activating group) is 1. The molecule has 1 aliphatic rings. The Morgan fingerprint density at radius 3 is 2.38 bits per heavy atom. The van der Waals surface area contributed by atoms with Crippen LogP contribution in [0.15, 0.2) is 81.2 Å². The third-order valence-electron chi connectivity index (χ3n) is 5.59. The van der Waals surface area contributed by atoms with E-state index in [1.807, 2.05) is 25.1 Å². The first-order valence-electron chi connectivity index (χ1n) is 10.1. The van der Waals surface area contributed by atoms with Gasteiger partial charge in [-0.3, -0.25) is 14.5 Å². The molecule has 3 aromatic rings. The summed E-state index contributed by atoms with van der Waals surface area (Å²) < 4.78 is 16.1.